The quantitative estimate of drug-likeness (QED) is 0.528. The van der Waals surface area contributed by atoms with E-state index in [2.05, 4.69) is 22.8 Å². The summed E-state index contributed by atoms with van der Waals surface area (Å²) in [4.78, 5) is 13.4. The van der Waals surface area contributed by atoms with E-state index in [4.69, 9.17) is 11.6 Å². The van der Waals surface area contributed by atoms with Gasteiger partial charge in [0.1, 0.15) is 0 Å². The lowest BCUT2D eigenvalue weighted by atomic mass is 9.78. The second-order valence-electron chi connectivity index (χ2n) is 7.60. The summed E-state index contributed by atoms with van der Waals surface area (Å²) < 4.78 is 0. The first-order valence-electron chi connectivity index (χ1n) is 9.89. The summed E-state index contributed by atoms with van der Waals surface area (Å²) in [5.74, 6) is 0.338. The SMILES string of the molecule is O=C1C[C@H](c2ccccc2)CC2=C1[C@H](c1ccccc1Cl)Nc1ccccc1N2. The third-order valence-electron chi connectivity index (χ3n) is 5.80. The van der Waals surface area contributed by atoms with Crippen LogP contribution in [0.4, 0.5) is 11.4 Å². The molecule has 4 heteroatoms. The van der Waals surface area contributed by atoms with Crippen molar-refractivity contribution in [3.8, 4) is 0 Å². The Morgan fingerprint density at radius 2 is 1.48 bits per heavy atom. The van der Waals surface area contributed by atoms with Crippen molar-refractivity contribution in [2.75, 3.05) is 10.6 Å². The van der Waals surface area contributed by atoms with Crippen molar-refractivity contribution in [1.82, 2.24) is 0 Å². The summed E-state index contributed by atoms with van der Waals surface area (Å²) in [5.41, 5.74) is 5.85. The maximum absolute atomic E-state index is 13.4. The van der Waals surface area contributed by atoms with Gasteiger partial charge in [0.05, 0.1) is 17.4 Å². The molecule has 1 aliphatic carbocycles. The predicted molar refractivity (Wildman–Crippen MR) is 118 cm³/mol. The van der Waals surface area contributed by atoms with Crippen LogP contribution in [0.3, 0.4) is 0 Å². The number of ketones is 1. The zero-order chi connectivity index (χ0) is 19.8. The van der Waals surface area contributed by atoms with Gasteiger partial charge in [-0.3, -0.25) is 4.79 Å². The Bertz CT molecular complexity index is 1110. The normalized spacial score (nSPS) is 20.8. The second kappa shape index (κ2) is 7.41. The Morgan fingerprint density at radius 3 is 2.28 bits per heavy atom. The van der Waals surface area contributed by atoms with Gasteiger partial charge in [-0.05, 0) is 41.7 Å². The fourth-order valence-corrected chi connectivity index (χ4v) is 4.64. The lowest BCUT2D eigenvalue weighted by Crippen LogP contribution is -2.27. The van der Waals surface area contributed by atoms with Gasteiger partial charge in [0.2, 0.25) is 0 Å². The number of fused-ring (bicyclic) bond motifs is 1. The Balaban J connectivity index is 1.64. The van der Waals surface area contributed by atoms with Crippen LogP contribution >= 0.6 is 11.6 Å². The number of anilines is 2. The van der Waals surface area contributed by atoms with E-state index in [0.29, 0.717) is 11.4 Å². The van der Waals surface area contributed by atoms with Crippen LogP contribution in [0.15, 0.2) is 90.1 Å². The number of halogens is 1. The van der Waals surface area contributed by atoms with Crippen molar-refractivity contribution in [3.63, 3.8) is 0 Å². The molecule has 3 aromatic rings. The zero-order valence-electron chi connectivity index (χ0n) is 15.9. The minimum atomic E-state index is -0.279. The predicted octanol–water partition coefficient (Wildman–Crippen LogP) is 6.32. The first-order chi connectivity index (χ1) is 14.2. The number of Topliss-reactive ketones (excluding diaryl/α,β-unsaturated/α-hetero) is 1. The molecule has 3 nitrogen and oxygen atoms in total. The molecular weight excluding hydrogens is 380 g/mol. The Hall–Kier alpha value is -3.04. The molecule has 5 rings (SSSR count). The average Bonchev–Trinajstić information content (AvgIpc) is 2.91. The molecule has 1 aliphatic heterocycles. The highest BCUT2D eigenvalue weighted by molar-refractivity contribution is 6.31. The molecular formula is C25H21ClN2O. The largest absolute Gasteiger partial charge is 0.372 e. The second-order valence-corrected chi connectivity index (χ2v) is 8.01. The van der Waals surface area contributed by atoms with Crippen LogP contribution < -0.4 is 10.6 Å². The molecule has 144 valence electrons. The topological polar surface area (TPSA) is 41.1 Å². The summed E-state index contributed by atoms with van der Waals surface area (Å²) in [7, 11) is 0. The molecule has 2 atom stereocenters. The van der Waals surface area contributed by atoms with E-state index in [1.807, 2.05) is 66.7 Å². The molecule has 0 bridgehead atoms. The van der Waals surface area contributed by atoms with Gasteiger partial charge in [0.25, 0.3) is 0 Å². The number of carbonyl (C=O) groups excluding carboxylic acids is 1. The van der Waals surface area contributed by atoms with Crippen molar-refractivity contribution in [2.45, 2.75) is 24.8 Å². The van der Waals surface area contributed by atoms with Crippen LogP contribution in [0.1, 0.15) is 35.9 Å². The van der Waals surface area contributed by atoms with Crippen LogP contribution in [-0.4, -0.2) is 5.78 Å². The molecule has 0 spiro atoms. The monoisotopic (exact) mass is 400 g/mol. The molecule has 0 aromatic heterocycles. The smallest absolute Gasteiger partial charge is 0.163 e. The molecule has 0 saturated carbocycles. The van der Waals surface area contributed by atoms with Crippen molar-refractivity contribution >= 4 is 28.8 Å². The van der Waals surface area contributed by atoms with Crippen LogP contribution in [-0.2, 0) is 4.79 Å². The molecule has 0 unspecified atom stereocenters. The standard InChI is InChI=1S/C25H21ClN2O/c26-19-11-5-4-10-18(19)25-24-22(27-20-12-6-7-13-21(20)28-25)14-17(15-23(24)29)16-8-2-1-3-9-16/h1-13,17,25,27-28H,14-15H2/t17-,25+/m1/s1. The number of benzene rings is 3. The summed E-state index contributed by atoms with van der Waals surface area (Å²) in [6.45, 7) is 0. The highest BCUT2D eigenvalue weighted by atomic mass is 35.5. The summed E-state index contributed by atoms with van der Waals surface area (Å²) in [6, 6.07) is 25.8. The zero-order valence-corrected chi connectivity index (χ0v) is 16.6. The number of carbonyl (C=O) groups is 1. The van der Waals surface area contributed by atoms with Crippen molar-refractivity contribution in [1.29, 1.82) is 0 Å². The summed E-state index contributed by atoms with van der Waals surface area (Å²) in [5, 5.41) is 7.80. The number of hydrogen-bond acceptors (Lipinski definition) is 3. The van der Waals surface area contributed by atoms with Gasteiger partial charge in [-0.1, -0.05) is 72.3 Å². The summed E-state index contributed by atoms with van der Waals surface area (Å²) in [6.07, 6.45) is 1.30. The number of hydrogen-bond donors (Lipinski definition) is 2. The fourth-order valence-electron chi connectivity index (χ4n) is 4.40. The third kappa shape index (κ3) is 3.32. The van der Waals surface area contributed by atoms with Gasteiger partial charge in [-0.25, -0.2) is 0 Å². The first kappa shape index (κ1) is 18.0. The van der Waals surface area contributed by atoms with E-state index in [1.165, 1.54) is 5.56 Å². The van der Waals surface area contributed by atoms with E-state index >= 15 is 0 Å². The fraction of sp³-hybridized carbons (Fsp3) is 0.160. The molecule has 1 heterocycles. The van der Waals surface area contributed by atoms with E-state index in [1.54, 1.807) is 0 Å². The lowest BCUT2D eigenvalue weighted by molar-refractivity contribution is -0.116. The van der Waals surface area contributed by atoms with Crippen molar-refractivity contribution in [2.24, 2.45) is 0 Å². The molecule has 2 aliphatic rings. The highest BCUT2D eigenvalue weighted by Gasteiger charge is 2.36. The van der Waals surface area contributed by atoms with Crippen molar-refractivity contribution < 1.29 is 4.79 Å². The van der Waals surface area contributed by atoms with Crippen LogP contribution in [0.25, 0.3) is 0 Å². The van der Waals surface area contributed by atoms with E-state index in [9.17, 15) is 4.79 Å². The van der Waals surface area contributed by atoms with Gasteiger partial charge in [0.15, 0.2) is 5.78 Å². The Morgan fingerprint density at radius 1 is 0.793 bits per heavy atom. The average molecular weight is 401 g/mol. The minimum absolute atomic E-state index is 0.165. The highest BCUT2D eigenvalue weighted by Crippen LogP contribution is 2.45. The third-order valence-corrected chi connectivity index (χ3v) is 6.14. The van der Waals surface area contributed by atoms with Gasteiger partial charge < -0.3 is 10.6 Å². The van der Waals surface area contributed by atoms with Crippen molar-refractivity contribution in [3.05, 3.63) is 106 Å². The summed E-state index contributed by atoms with van der Waals surface area (Å²) >= 11 is 6.55. The number of nitrogens with one attached hydrogen (secondary N) is 2. The molecule has 3 aromatic carbocycles. The molecule has 0 amide bonds. The van der Waals surface area contributed by atoms with E-state index in [-0.39, 0.29) is 17.7 Å². The molecule has 0 fully saturated rings. The van der Waals surface area contributed by atoms with Crippen LogP contribution in [0, 0.1) is 0 Å². The van der Waals surface area contributed by atoms with Crippen LogP contribution in [0.5, 0.6) is 0 Å². The van der Waals surface area contributed by atoms with Gasteiger partial charge in [0, 0.05) is 22.7 Å². The number of para-hydroxylation sites is 2. The Kier molecular flexibility index (Phi) is 4.61. The molecule has 2 N–H and O–H groups in total. The molecule has 29 heavy (non-hydrogen) atoms. The number of allylic oxidation sites excluding steroid dienone is 1. The maximum Gasteiger partial charge on any atom is 0.163 e. The molecule has 0 saturated heterocycles. The number of rotatable bonds is 2. The molecule has 0 radical (unpaired) electrons. The maximum atomic E-state index is 13.4. The van der Waals surface area contributed by atoms with Gasteiger partial charge >= 0.3 is 0 Å². The van der Waals surface area contributed by atoms with E-state index < -0.39 is 0 Å². The van der Waals surface area contributed by atoms with Gasteiger partial charge in [-0.15, -0.1) is 0 Å². The van der Waals surface area contributed by atoms with E-state index in [0.717, 1.165) is 34.6 Å². The van der Waals surface area contributed by atoms with Crippen LogP contribution in [0.2, 0.25) is 5.02 Å². The lowest BCUT2D eigenvalue weighted by Gasteiger charge is -2.30. The Labute approximate surface area is 175 Å². The minimum Gasteiger partial charge on any atom is -0.372 e. The van der Waals surface area contributed by atoms with Gasteiger partial charge in [-0.2, -0.15) is 0 Å². The first-order valence-corrected chi connectivity index (χ1v) is 10.3.